The number of nitrogens with one attached hydrogen (secondary N) is 6. The Labute approximate surface area is 536 Å². The lowest BCUT2D eigenvalue weighted by atomic mass is 9.84. The molecule has 28 nitrogen and oxygen atoms in total. The van der Waals surface area contributed by atoms with Crippen molar-refractivity contribution in [3.8, 4) is 0 Å². The van der Waals surface area contributed by atoms with Crippen LogP contribution in [0.15, 0.2) is 53.5 Å². The molecule has 504 valence electrons. The molecule has 19 N–H and O–H groups in total. The molecule has 8 rings (SSSR count). The van der Waals surface area contributed by atoms with Gasteiger partial charge in [0, 0.05) is 32.1 Å². The molecule has 12 atom stereocenters. The summed E-state index contributed by atoms with van der Waals surface area (Å²) in [6.45, 7) is -0.924. The van der Waals surface area contributed by atoms with Crippen molar-refractivity contribution in [3.05, 3.63) is 70.8 Å². The van der Waals surface area contributed by atoms with Crippen LogP contribution >= 0.6 is 0 Å². The zero-order valence-corrected chi connectivity index (χ0v) is 52.4. The van der Waals surface area contributed by atoms with Gasteiger partial charge in [-0.3, -0.25) is 48.1 Å². The van der Waals surface area contributed by atoms with Crippen molar-refractivity contribution in [2.75, 3.05) is 45.9 Å². The largest absolute Gasteiger partial charge is 0.480 e. The van der Waals surface area contributed by atoms with Gasteiger partial charge >= 0.3 is 5.97 Å². The molecule has 0 spiro atoms. The van der Waals surface area contributed by atoms with Crippen LogP contribution in [-0.4, -0.2) is 208 Å². The summed E-state index contributed by atoms with van der Waals surface area (Å²) in [6.07, 6.45) is 7.16. The third kappa shape index (κ3) is 17.7. The van der Waals surface area contributed by atoms with Crippen molar-refractivity contribution in [1.29, 1.82) is 0 Å². The first-order valence-electron chi connectivity index (χ1n) is 32.8. The third-order valence-corrected chi connectivity index (χ3v) is 19.3. The molecule has 3 aliphatic carbocycles. The number of carbonyl (C=O) groups excluding carboxylic acids is 9. The summed E-state index contributed by atoms with van der Waals surface area (Å²) in [7, 11) is 0. The van der Waals surface area contributed by atoms with Crippen LogP contribution in [0.25, 0.3) is 0 Å². The van der Waals surface area contributed by atoms with E-state index in [-0.39, 0.29) is 69.7 Å². The average Bonchev–Trinajstić information content (AvgIpc) is 1.62. The van der Waals surface area contributed by atoms with Crippen LogP contribution in [0.4, 0.5) is 0 Å². The molecule has 0 bridgehead atoms. The number of carboxylic acids is 1. The lowest BCUT2D eigenvalue weighted by molar-refractivity contribution is -0.152. The standard InChI is InChI=1S/C64H95N15O13/c65-23-9-7-18-44(67)55(83)72-45(19-8-10-24-66)56(84)73-46(20-11-25-70-64(68)69)60(88)77-26-12-22-49(77)61(89)78-34-43(81)32-50(78)58(86)71-33-52(82)75-53(41-27-36-13-1-2-14-37(36)28-41)59(87)74-47(35-80)57(85)76-54(42-29-38-15-3-4-16-39(38)30-42)62(90)79-48-21-6-5-17-40(48)31-51(79)63(91)92/h1-4,13-16,40-51,53-54,80-81H,5-12,17-35,65-67H2,(H,71,86)(H,72,83)(H,73,84)(H,74,87)(H,75,82)(H,76,85)(H,91,92)(H4,68,69,70)/t40?,43-,44+,45+,46+,47+,48?,49+,50+,51?,53?,54-/m1/s1. The Morgan fingerprint density at radius 3 is 1.78 bits per heavy atom. The topological polar surface area (TPSA) is 456 Å². The molecule has 9 amide bonds. The average molecular weight is 1280 g/mol. The second kappa shape index (κ2) is 33.2. The van der Waals surface area contributed by atoms with Crippen molar-refractivity contribution in [3.63, 3.8) is 0 Å². The molecule has 2 aromatic rings. The number of aliphatic imine (C=N–C) groups is 1. The molecule has 3 heterocycles. The predicted octanol–water partition coefficient (Wildman–Crippen LogP) is -2.82. The molecule has 92 heavy (non-hydrogen) atoms. The number of carbonyl (C=O) groups is 10. The number of aliphatic carboxylic acids is 1. The number of aliphatic hydroxyl groups is 2. The van der Waals surface area contributed by atoms with E-state index in [2.05, 4.69) is 36.9 Å². The first-order valence-corrected chi connectivity index (χ1v) is 32.8. The van der Waals surface area contributed by atoms with Crippen molar-refractivity contribution in [2.24, 2.45) is 51.4 Å². The van der Waals surface area contributed by atoms with E-state index in [4.69, 9.17) is 28.7 Å². The molecular weight excluding hydrogens is 1190 g/mol. The highest BCUT2D eigenvalue weighted by Crippen LogP contribution is 2.41. The quantitative estimate of drug-likeness (QED) is 0.0206. The summed E-state index contributed by atoms with van der Waals surface area (Å²) >= 11 is 0. The van der Waals surface area contributed by atoms with Crippen LogP contribution in [0.1, 0.15) is 125 Å². The molecule has 0 aromatic heterocycles. The number of rotatable bonds is 31. The Kier molecular flexibility index (Phi) is 25.3. The number of β-amino-alcohol motifs (C(OH)–C–C–N with tert-alkyl or cyclic N) is 1. The molecule has 28 heteroatoms. The van der Waals surface area contributed by atoms with Gasteiger partial charge in [0.25, 0.3) is 0 Å². The van der Waals surface area contributed by atoms with Gasteiger partial charge in [0.15, 0.2) is 5.96 Å². The van der Waals surface area contributed by atoms with Crippen molar-refractivity contribution in [1.82, 2.24) is 46.6 Å². The van der Waals surface area contributed by atoms with Gasteiger partial charge < -0.3 is 90.6 Å². The summed E-state index contributed by atoms with van der Waals surface area (Å²) in [4.78, 5) is 150. The molecule has 4 unspecified atom stereocenters. The Balaban J connectivity index is 0.934. The zero-order valence-electron chi connectivity index (χ0n) is 52.4. The molecule has 1 saturated carbocycles. The van der Waals surface area contributed by atoms with Gasteiger partial charge in [-0.15, -0.1) is 0 Å². The lowest BCUT2D eigenvalue weighted by Crippen LogP contribution is -2.62. The van der Waals surface area contributed by atoms with Crippen LogP contribution in [0.5, 0.6) is 0 Å². The number of amides is 9. The number of nitrogens with zero attached hydrogens (tertiary/aromatic N) is 4. The normalized spacial score (nSPS) is 22.9. The number of hydrogen-bond donors (Lipinski definition) is 14. The molecule has 0 radical (unpaired) electrons. The molecular formula is C64H95N15O13. The molecule has 6 aliphatic rings. The van der Waals surface area contributed by atoms with Gasteiger partial charge in [-0.1, -0.05) is 67.8 Å². The van der Waals surface area contributed by atoms with E-state index in [9.17, 15) is 63.3 Å². The van der Waals surface area contributed by atoms with E-state index in [0.717, 1.165) is 41.5 Å². The fourth-order valence-electron chi connectivity index (χ4n) is 14.5. The number of likely N-dealkylation sites (tertiary alicyclic amines) is 3. The van der Waals surface area contributed by atoms with E-state index in [1.165, 1.54) is 14.7 Å². The second-order valence-corrected chi connectivity index (χ2v) is 25.6. The monoisotopic (exact) mass is 1280 g/mol. The summed E-state index contributed by atoms with van der Waals surface area (Å²) in [6, 6.07) is 3.86. The summed E-state index contributed by atoms with van der Waals surface area (Å²) in [5.41, 5.74) is 32.5. The summed E-state index contributed by atoms with van der Waals surface area (Å²) in [5.74, 6) is -8.74. The third-order valence-electron chi connectivity index (χ3n) is 19.3. The fraction of sp³-hybridized carbons (Fsp3) is 0.641. The lowest BCUT2D eigenvalue weighted by Gasteiger charge is -2.37. The Morgan fingerprint density at radius 1 is 0.598 bits per heavy atom. The number of hydrogen-bond acceptors (Lipinski definition) is 16. The maximum absolute atomic E-state index is 14.9. The summed E-state index contributed by atoms with van der Waals surface area (Å²) in [5, 5.41) is 48.5. The highest BCUT2D eigenvalue weighted by atomic mass is 16.4. The number of carboxylic acid groups (broad SMARTS) is 1. The number of guanidine groups is 1. The Morgan fingerprint density at radius 2 is 1.17 bits per heavy atom. The van der Waals surface area contributed by atoms with Crippen LogP contribution in [0, 0.1) is 17.8 Å². The smallest absolute Gasteiger partial charge is 0.326 e. The van der Waals surface area contributed by atoms with E-state index in [1.54, 1.807) is 0 Å². The highest BCUT2D eigenvalue weighted by Gasteiger charge is 2.52. The van der Waals surface area contributed by atoms with Crippen LogP contribution in [-0.2, 0) is 73.6 Å². The minimum absolute atomic E-state index is 0.00657. The minimum atomic E-state index is -1.63. The van der Waals surface area contributed by atoms with E-state index >= 15 is 0 Å². The van der Waals surface area contributed by atoms with Crippen LogP contribution in [0.3, 0.4) is 0 Å². The molecule has 4 fully saturated rings. The molecule has 3 aliphatic heterocycles. The second-order valence-electron chi connectivity index (χ2n) is 25.6. The number of unbranched alkanes of at least 4 members (excludes halogenated alkanes) is 2. The van der Waals surface area contributed by atoms with Gasteiger partial charge in [-0.2, -0.15) is 0 Å². The van der Waals surface area contributed by atoms with Crippen LogP contribution in [0.2, 0.25) is 0 Å². The van der Waals surface area contributed by atoms with E-state index in [0.29, 0.717) is 90.1 Å². The fourth-order valence-corrected chi connectivity index (χ4v) is 14.5. The van der Waals surface area contributed by atoms with Gasteiger partial charge in [-0.05, 0) is 156 Å². The maximum Gasteiger partial charge on any atom is 0.326 e. The maximum atomic E-state index is 14.9. The van der Waals surface area contributed by atoms with Crippen LogP contribution < -0.4 is 60.6 Å². The number of nitrogens with two attached hydrogens (primary N) is 5. The van der Waals surface area contributed by atoms with E-state index < -0.39 is 145 Å². The van der Waals surface area contributed by atoms with E-state index in [1.807, 2.05) is 48.5 Å². The van der Waals surface area contributed by atoms with Crippen molar-refractivity contribution in [2.45, 2.75) is 195 Å². The van der Waals surface area contributed by atoms with Gasteiger partial charge in [0.2, 0.25) is 53.2 Å². The number of aliphatic hydroxyl groups excluding tert-OH is 2. The SMILES string of the molecule is NCCCC[C@H](NC(=O)[C@@H](N)CCCCN)C(=O)N[C@@H](CCCN=C(N)N)C(=O)N1CCC[C@H]1C(=O)N1C[C@H](O)C[C@H]1C(=O)NCC(=O)NC(C(=O)N[C@@H](CO)C(=O)N[C@@H](C(=O)N1C(C(=O)O)CC2CCCCC21)C1Cc2ccccc2C1)C1Cc2ccccc2C1. The summed E-state index contributed by atoms with van der Waals surface area (Å²) < 4.78 is 0. The number of fused-ring (bicyclic) bond motifs is 3. The zero-order chi connectivity index (χ0) is 66.2. The van der Waals surface area contributed by atoms with Crippen molar-refractivity contribution >= 4 is 65.1 Å². The number of benzene rings is 2. The van der Waals surface area contributed by atoms with Crippen molar-refractivity contribution < 1.29 is 63.3 Å². The first-order chi connectivity index (χ1) is 44.2. The Bertz CT molecular complexity index is 2950. The van der Waals surface area contributed by atoms with Gasteiger partial charge in [-0.25, -0.2) is 4.79 Å². The highest BCUT2D eigenvalue weighted by molar-refractivity contribution is 5.99. The first kappa shape index (κ1) is 70.1. The van der Waals surface area contributed by atoms with Gasteiger partial charge in [0.05, 0.1) is 25.3 Å². The molecule has 3 saturated heterocycles. The van der Waals surface area contributed by atoms with Gasteiger partial charge in [0.1, 0.15) is 48.3 Å². The minimum Gasteiger partial charge on any atom is -0.480 e. The Hall–Kier alpha value is -7.79. The molecule has 2 aromatic carbocycles. The predicted molar refractivity (Wildman–Crippen MR) is 338 cm³/mol.